The summed E-state index contributed by atoms with van der Waals surface area (Å²) in [6, 6.07) is -0.913. The Morgan fingerprint density at radius 1 is 1.54 bits per heavy atom. The number of tetrazole rings is 1. The average Bonchev–Trinajstić information content (AvgIpc) is 2.46. The molecule has 7 heteroatoms. The first-order valence-electron chi connectivity index (χ1n) is 3.81. The zero-order valence-electron chi connectivity index (χ0n) is 7.41. The molecule has 0 saturated carbocycles. The van der Waals surface area contributed by atoms with Crippen LogP contribution in [0.3, 0.4) is 0 Å². The van der Waals surface area contributed by atoms with E-state index in [4.69, 9.17) is 0 Å². The molecule has 0 fully saturated rings. The van der Waals surface area contributed by atoms with Crippen LogP contribution in [0.5, 0.6) is 0 Å². The second-order valence-corrected chi connectivity index (χ2v) is 2.63. The molecule has 0 aliphatic heterocycles. The molecule has 0 spiro atoms. The Hall–Kier alpha value is -1.11. The van der Waals surface area contributed by atoms with Gasteiger partial charge in [-0.3, -0.25) is 0 Å². The Bertz CT molecular complexity index is 261. The number of hydrogen-bond acceptors (Lipinski definition) is 4. The third-order valence-electron chi connectivity index (χ3n) is 1.63. The van der Waals surface area contributed by atoms with Crippen LogP contribution in [0.15, 0.2) is 0 Å². The molecule has 0 saturated heterocycles. The van der Waals surface area contributed by atoms with Gasteiger partial charge in [-0.25, -0.2) is 8.78 Å². The molecule has 0 aliphatic rings. The molecule has 1 atom stereocenters. The first-order chi connectivity index (χ1) is 6.13. The normalized spacial score (nSPS) is 13.6. The maximum Gasteiger partial charge on any atom is 0.254 e. The lowest BCUT2D eigenvalue weighted by Gasteiger charge is -2.11. The summed E-state index contributed by atoms with van der Waals surface area (Å²) in [5.74, 6) is 0.321. The summed E-state index contributed by atoms with van der Waals surface area (Å²) in [5, 5.41) is 13.5. The molecular weight excluding hydrogens is 180 g/mol. The Kier molecular flexibility index (Phi) is 3.24. The fourth-order valence-corrected chi connectivity index (χ4v) is 0.919. The standard InChI is InChI=1S/C6H11F2N5/c1-9-4(6(7)8)3-5-10-12-13(2)11-5/h4,6,9H,3H2,1-2H3. The van der Waals surface area contributed by atoms with Crippen LogP contribution in [0.2, 0.25) is 0 Å². The van der Waals surface area contributed by atoms with Crippen molar-refractivity contribution in [1.82, 2.24) is 25.5 Å². The van der Waals surface area contributed by atoms with E-state index in [1.54, 1.807) is 7.05 Å². The number of likely N-dealkylation sites (N-methyl/N-ethyl adjacent to an activating group) is 1. The number of rotatable bonds is 4. The molecule has 13 heavy (non-hydrogen) atoms. The van der Waals surface area contributed by atoms with Gasteiger partial charge in [0.1, 0.15) is 0 Å². The zero-order chi connectivity index (χ0) is 9.84. The summed E-state index contributed by atoms with van der Waals surface area (Å²) in [4.78, 5) is 1.24. The molecule has 1 aromatic rings. The van der Waals surface area contributed by atoms with Gasteiger partial charge in [0.15, 0.2) is 5.82 Å². The fraction of sp³-hybridized carbons (Fsp3) is 0.833. The van der Waals surface area contributed by atoms with E-state index in [0.717, 1.165) is 0 Å². The van der Waals surface area contributed by atoms with Gasteiger partial charge in [0, 0.05) is 6.42 Å². The first-order valence-corrected chi connectivity index (χ1v) is 3.81. The molecule has 1 heterocycles. The van der Waals surface area contributed by atoms with E-state index in [9.17, 15) is 8.78 Å². The van der Waals surface area contributed by atoms with Gasteiger partial charge in [0.05, 0.1) is 13.1 Å². The highest BCUT2D eigenvalue weighted by Crippen LogP contribution is 2.04. The maximum atomic E-state index is 12.2. The van der Waals surface area contributed by atoms with Gasteiger partial charge >= 0.3 is 0 Å². The SMILES string of the molecule is CNC(Cc1nnn(C)n1)C(F)F. The highest BCUT2D eigenvalue weighted by atomic mass is 19.3. The molecule has 0 radical (unpaired) electrons. The second kappa shape index (κ2) is 4.22. The van der Waals surface area contributed by atoms with Crippen LogP contribution in [0.4, 0.5) is 8.78 Å². The minimum atomic E-state index is -2.42. The van der Waals surface area contributed by atoms with Gasteiger partial charge in [-0.15, -0.1) is 10.2 Å². The summed E-state index contributed by atoms with van der Waals surface area (Å²) in [6.45, 7) is 0. The van der Waals surface area contributed by atoms with Crippen molar-refractivity contribution < 1.29 is 8.78 Å². The topological polar surface area (TPSA) is 55.6 Å². The number of aromatic nitrogens is 4. The lowest BCUT2D eigenvalue weighted by molar-refractivity contribution is 0.101. The number of hydrogen-bond donors (Lipinski definition) is 1. The van der Waals surface area contributed by atoms with E-state index >= 15 is 0 Å². The van der Waals surface area contributed by atoms with Crippen molar-refractivity contribution in [2.45, 2.75) is 18.9 Å². The molecule has 1 aromatic heterocycles. The highest BCUT2D eigenvalue weighted by Gasteiger charge is 2.20. The predicted octanol–water partition coefficient (Wildman–Crippen LogP) is -0.394. The highest BCUT2D eigenvalue weighted by molar-refractivity contribution is 4.85. The Morgan fingerprint density at radius 2 is 2.23 bits per heavy atom. The number of nitrogens with zero attached hydrogens (tertiary/aromatic N) is 4. The maximum absolute atomic E-state index is 12.2. The van der Waals surface area contributed by atoms with Gasteiger partial charge in [-0.1, -0.05) is 0 Å². The Labute approximate surface area is 74.1 Å². The fourth-order valence-electron chi connectivity index (χ4n) is 0.919. The van der Waals surface area contributed by atoms with E-state index in [0.29, 0.717) is 5.82 Å². The third-order valence-corrected chi connectivity index (χ3v) is 1.63. The second-order valence-electron chi connectivity index (χ2n) is 2.63. The smallest absolute Gasteiger partial charge is 0.254 e. The summed E-state index contributed by atoms with van der Waals surface area (Å²) < 4.78 is 24.5. The number of nitrogens with one attached hydrogen (secondary N) is 1. The van der Waals surface area contributed by atoms with Crippen LogP contribution in [0, 0.1) is 0 Å². The van der Waals surface area contributed by atoms with E-state index in [1.165, 1.54) is 11.8 Å². The van der Waals surface area contributed by atoms with Crippen molar-refractivity contribution in [3.63, 3.8) is 0 Å². The third kappa shape index (κ3) is 2.69. The molecule has 1 unspecified atom stereocenters. The van der Waals surface area contributed by atoms with E-state index in [1.807, 2.05) is 0 Å². The number of aryl methyl sites for hydroxylation is 1. The van der Waals surface area contributed by atoms with Gasteiger partial charge in [0.25, 0.3) is 6.43 Å². The van der Waals surface area contributed by atoms with Crippen LogP contribution < -0.4 is 5.32 Å². The summed E-state index contributed by atoms with van der Waals surface area (Å²) in [7, 11) is 3.07. The molecule has 1 rings (SSSR count). The predicted molar refractivity (Wildman–Crippen MR) is 41.4 cm³/mol. The minimum Gasteiger partial charge on any atom is -0.312 e. The molecule has 74 valence electrons. The van der Waals surface area contributed by atoms with E-state index in [-0.39, 0.29) is 6.42 Å². The van der Waals surface area contributed by atoms with Gasteiger partial charge in [0.2, 0.25) is 0 Å². The summed E-state index contributed by atoms with van der Waals surface area (Å²) in [6.07, 6.45) is -2.34. The quantitative estimate of drug-likeness (QED) is 0.704. The molecule has 5 nitrogen and oxygen atoms in total. The zero-order valence-corrected chi connectivity index (χ0v) is 7.41. The monoisotopic (exact) mass is 191 g/mol. The van der Waals surface area contributed by atoms with Crippen molar-refractivity contribution in [3.05, 3.63) is 5.82 Å². The molecule has 0 aromatic carbocycles. The number of alkyl halides is 2. The lowest BCUT2D eigenvalue weighted by Crippen LogP contribution is -2.35. The minimum absolute atomic E-state index is 0.0853. The molecule has 1 N–H and O–H groups in total. The van der Waals surface area contributed by atoms with Crippen molar-refractivity contribution in [2.24, 2.45) is 7.05 Å². The largest absolute Gasteiger partial charge is 0.312 e. The average molecular weight is 191 g/mol. The van der Waals surface area contributed by atoms with E-state index in [2.05, 4.69) is 20.7 Å². The van der Waals surface area contributed by atoms with Gasteiger partial charge in [-0.05, 0) is 12.3 Å². The summed E-state index contributed by atoms with van der Waals surface area (Å²) in [5.41, 5.74) is 0. The van der Waals surface area contributed by atoms with Crippen molar-refractivity contribution in [2.75, 3.05) is 7.05 Å². The molecule has 0 bridgehead atoms. The van der Waals surface area contributed by atoms with Gasteiger partial charge < -0.3 is 5.32 Å². The van der Waals surface area contributed by atoms with Crippen molar-refractivity contribution >= 4 is 0 Å². The van der Waals surface area contributed by atoms with Crippen LogP contribution in [-0.4, -0.2) is 39.7 Å². The van der Waals surface area contributed by atoms with Crippen LogP contribution in [-0.2, 0) is 13.5 Å². The van der Waals surface area contributed by atoms with Crippen LogP contribution in [0.1, 0.15) is 5.82 Å². The molecule has 0 aliphatic carbocycles. The summed E-state index contributed by atoms with van der Waals surface area (Å²) >= 11 is 0. The van der Waals surface area contributed by atoms with Crippen LogP contribution in [0.25, 0.3) is 0 Å². The molecular formula is C6H11F2N5. The first kappa shape index (κ1) is 9.97. The molecule has 0 amide bonds. The Morgan fingerprint density at radius 3 is 2.62 bits per heavy atom. The van der Waals surface area contributed by atoms with E-state index < -0.39 is 12.5 Å². The number of halogens is 2. The van der Waals surface area contributed by atoms with Crippen molar-refractivity contribution in [1.29, 1.82) is 0 Å². The van der Waals surface area contributed by atoms with Crippen LogP contribution >= 0.6 is 0 Å². The van der Waals surface area contributed by atoms with Gasteiger partial charge in [-0.2, -0.15) is 4.80 Å². The Balaban J connectivity index is 2.56. The van der Waals surface area contributed by atoms with Crippen molar-refractivity contribution in [3.8, 4) is 0 Å². The lowest BCUT2D eigenvalue weighted by atomic mass is 10.2.